The first-order valence-corrected chi connectivity index (χ1v) is 7.48. The molecule has 3 rings (SSSR count). The Bertz CT molecular complexity index is 646. The first-order valence-electron chi connectivity index (χ1n) is 7.48. The number of carbonyl (C=O) groups excluding carboxylic acids is 2. The van der Waals surface area contributed by atoms with Crippen molar-refractivity contribution in [3.63, 3.8) is 0 Å². The van der Waals surface area contributed by atoms with Crippen molar-refractivity contribution in [1.82, 2.24) is 10.2 Å². The minimum Gasteiger partial charge on any atom is -0.368 e. The third-order valence-corrected chi connectivity index (χ3v) is 3.98. The number of nitrogens with one attached hydrogen (secondary N) is 1. The topological polar surface area (TPSA) is 91.0 Å². The minimum atomic E-state index is -0.734. The Hall–Kier alpha value is -2.19. The van der Waals surface area contributed by atoms with E-state index in [1.165, 1.54) is 29.3 Å². The second-order valence-electron chi connectivity index (χ2n) is 5.53. The maximum Gasteiger partial charge on any atom is 0.270 e. The molecule has 130 valence electrons. The summed E-state index contributed by atoms with van der Waals surface area (Å²) in [6.45, 7) is 2.69. The number of carbonyl (C=O) groups is 2. The van der Waals surface area contributed by atoms with Crippen LogP contribution in [-0.2, 0) is 9.59 Å². The molecule has 1 fully saturated rings. The fourth-order valence-corrected chi connectivity index (χ4v) is 2.74. The largest absolute Gasteiger partial charge is 0.368 e. The number of nitrogens with zero attached hydrogens (tertiary/aromatic N) is 3. The molecule has 0 radical (unpaired) electrons. The zero-order valence-electron chi connectivity index (χ0n) is 12.9. The zero-order chi connectivity index (χ0) is 16.4. The molecule has 3 N–H and O–H groups in total. The Morgan fingerprint density at radius 3 is 2.42 bits per heavy atom. The van der Waals surface area contributed by atoms with E-state index in [9.17, 15) is 14.0 Å². The van der Waals surface area contributed by atoms with Crippen molar-refractivity contribution >= 4 is 35.6 Å². The SMILES string of the molecule is Cl.NC(=O)C1CC(C(=O)N2CCNCC2)=NN1c1ccc(F)cc1. The second-order valence-corrected chi connectivity index (χ2v) is 5.53. The molecule has 1 atom stereocenters. The van der Waals surface area contributed by atoms with Crippen molar-refractivity contribution in [2.75, 3.05) is 31.2 Å². The summed E-state index contributed by atoms with van der Waals surface area (Å²) >= 11 is 0. The molecule has 1 aromatic rings. The van der Waals surface area contributed by atoms with E-state index in [2.05, 4.69) is 10.4 Å². The van der Waals surface area contributed by atoms with Crippen LogP contribution in [0.25, 0.3) is 0 Å². The third-order valence-electron chi connectivity index (χ3n) is 3.98. The maximum atomic E-state index is 13.1. The first-order chi connectivity index (χ1) is 11.1. The van der Waals surface area contributed by atoms with Gasteiger partial charge in [-0.1, -0.05) is 0 Å². The normalized spacial score (nSPS) is 20.4. The summed E-state index contributed by atoms with van der Waals surface area (Å²) in [5.74, 6) is -1.13. The molecule has 0 spiro atoms. The van der Waals surface area contributed by atoms with E-state index in [0.717, 1.165) is 13.1 Å². The van der Waals surface area contributed by atoms with E-state index in [1.54, 1.807) is 4.90 Å². The van der Waals surface area contributed by atoms with Crippen LogP contribution in [0.5, 0.6) is 0 Å². The molecule has 0 aliphatic carbocycles. The lowest BCUT2D eigenvalue weighted by Gasteiger charge is -2.27. The molecular weight excluding hydrogens is 337 g/mol. The molecule has 9 heteroatoms. The molecule has 0 bridgehead atoms. The van der Waals surface area contributed by atoms with Gasteiger partial charge < -0.3 is 16.0 Å². The van der Waals surface area contributed by atoms with Gasteiger partial charge in [-0.3, -0.25) is 14.6 Å². The highest BCUT2D eigenvalue weighted by molar-refractivity contribution is 6.40. The standard InChI is InChI=1S/C15H18FN5O2.ClH/c16-10-1-3-11(4-2-10)21-13(14(17)22)9-12(19-21)15(23)20-7-5-18-6-8-20;/h1-4,13,18H,5-9H2,(H2,17,22);1H. The molecule has 1 saturated heterocycles. The number of amides is 2. The molecule has 2 aliphatic rings. The summed E-state index contributed by atoms with van der Waals surface area (Å²) in [7, 11) is 0. The van der Waals surface area contributed by atoms with Crippen molar-refractivity contribution in [3.05, 3.63) is 30.1 Å². The lowest BCUT2D eigenvalue weighted by atomic mass is 10.1. The Morgan fingerprint density at radius 1 is 1.21 bits per heavy atom. The Labute approximate surface area is 145 Å². The predicted molar refractivity (Wildman–Crippen MR) is 90.6 cm³/mol. The van der Waals surface area contributed by atoms with Crippen LogP contribution in [0.1, 0.15) is 6.42 Å². The van der Waals surface area contributed by atoms with Crippen LogP contribution >= 0.6 is 12.4 Å². The van der Waals surface area contributed by atoms with E-state index < -0.39 is 11.9 Å². The van der Waals surface area contributed by atoms with Gasteiger partial charge in [-0.05, 0) is 24.3 Å². The molecule has 0 aromatic heterocycles. The monoisotopic (exact) mass is 355 g/mol. The summed E-state index contributed by atoms with van der Waals surface area (Å²) in [6.07, 6.45) is 0.162. The number of primary amides is 1. The molecule has 2 amide bonds. The van der Waals surface area contributed by atoms with Gasteiger partial charge in [0.2, 0.25) is 5.91 Å². The minimum absolute atomic E-state index is 0. The van der Waals surface area contributed by atoms with Crippen molar-refractivity contribution in [2.24, 2.45) is 10.8 Å². The van der Waals surface area contributed by atoms with Gasteiger partial charge in [-0.2, -0.15) is 5.10 Å². The zero-order valence-corrected chi connectivity index (χ0v) is 13.8. The number of hydrogen-bond acceptors (Lipinski definition) is 5. The van der Waals surface area contributed by atoms with Crippen LogP contribution in [0.4, 0.5) is 10.1 Å². The number of halogens is 2. The van der Waals surface area contributed by atoms with Crippen LogP contribution in [0, 0.1) is 5.82 Å². The van der Waals surface area contributed by atoms with E-state index >= 15 is 0 Å². The molecular formula is C15H19ClFN5O2. The lowest BCUT2D eigenvalue weighted by Crippen LogP contribution is -2.48. The number of nitrogens with two attached hydrogens (primary N) is 1. The van der Waals surface area contributed by atoms with Gasteiger partial charge in [-0.15, -0.1) is 12.4 Å². The summed E-state index contributed by atoms with van der Waals surface area (Å²) in [5, 5.41) is 8.85. The van der Waals surface area contributed by atoms with Crippen LogP contribution in [0.2, 0.25) is 0 Å². The van der Waals surface area contributed by atoms with Gasteiger partial charge in [-0.25, -0.2) is 4.39 Å². The second kappa shape index (κ2) is 7.59. The van der Waals surface area contributed by atoms with Gasteiger partial charge >= 0.3 is 0 Å². The molecule has 2 aliphatic heterocycles. The average Bonchev–Trinajstić information content (AvgIpc) is 3.01. The lowest BCUT2D eigenvalue weighted by molar-refractivity contribution is -0.124. The highest BCUT2D eigenvalue weighted by atomic mass is 35.5. The molecule has 2 heterocycles. The third kappa shape index (κ3) is 3.65. The number of anilines is 1. The molecule has 7 nitrogen and oxygen atoms in total. The highest BCUT2D eigenvalue weighted by Gasteiger charge is 2.36. The summed E-state index contributed by atoms with van der Waals surface area (Å²) in [6, 6.07) is 4.83. The number of hydrogen-bond donors (Lipinski definition) is 2. The molecule has 24 heavy (non-hydrogen) atoms. The molecule has 1 unspecified atom stereocenters. The van der Waals surface area contributed by atoms with E-state index in [-0.39, 0.29) is 30.6 Å². The fraction of sp³-hybridized carbons (Fsp3) is 0.400. The quantitative estimate of drug-likeness (QED) is 0.804. The van der Waals surface area contributed by atoms with Crippen molar-refractivity contribution in [3.8, 4) is 0 Å². The molecule has 1 aromatic carbocycles. The van der Waals surface area contributed by atoms with Gasteiger partial charge in [0, 0.05) is 32.6 Å². The van der Waals surface area contributed by atoms with Gasteiger partial charge in [0.1, 0.15) is 17.6 Å². The predicted octanol–water partition coefficient (Wildman–Crippen LogP) is 0.0993. The summed E-state index contributed by atoms with van der Waals surface area (Å²) in [5.41, 5.74) is 6.27. The fourth-order valence-electron chi connectivity index (χ4n) is 2.74. The van der Waals surface area contributed by atoms with Crippen LogP contribution in [0.15, 0.2) is 29.4 Å². The van der Waals surface area contributed by atoms with Crippen LogP contribution in [-0.4, -0.2) is 54.6 Å². The Balaban J connectivity index is 0.00000208. The van der Waals surface area contributed by atoms with Crippen molar-refractivity contribution in [1.29, 1.82) is 0 Å². The van der Waals surface area contributed by atoms with Crippen molar-refractivity contribution in [2.45, 2.75) is 12.5 Å². The highest BCUT2D eigenvalue weighted by Crippen LogP contribution is 2.25. The number of rotatable bonds is 3. The Kier molecular flexibility index (Phi) is 5.74. The summed E-state index contributed by atoms with van der Waals surface area (Å²) < 4.78 is 13.1. The van der Waals surface area contributed by atoms with Crippen LogP contribution in [0.3, 0.4) is 0 Å². The van der Waals surface area contributed by atoms with Crippen molar-refractivity contribution < 1.29 is 14.0 Å². The number of piperazine rings is 1. The Morgan fingerprint density at radius 2 is 1.83 bits per heavy atom. The van der Waals surface area contributed by atoms with E-state index in [4.69, 9.17) is 5.73 Å². The number of hydrazone groups is 1. The first kappa shape index (κ1) is 18.2. The van der Waals surface area contributed by atoms with Crippen LogP contribution < -0.4 is 16.1 Å². The van der Waals surface area contributed by atoms with E-state index in [0.29, 0.717) is 24.5 Å². The maximum absolute atomic E-state index is 13.1. The van der Waals surface area contributed by atoms with E-state index in [1.807, 2.05) is 0 Å². The molecule has 0 saturated carbocycles. The van der Waals surface area contributed by atoms with Gasteiger partial charge in [0.25, 0.3) is 5.91 Å². The smallest absolute Gasteiger partial charge is 0.270 e. The number of benzene rings is 1. The average molecular weight is 356 g/mol. The van der Waals surface area contributed by atoms with Gasteiger partial charge in [0.05, 0.1) is 5.69 Å². The summed E-state index contributed by atoms with van der Waals surface area (Å²) in [4.78, 5) is 25.9. The van der Waals surface area contributed by atoms with Gasteiger partial charge in [0.15, 0.2) is 0 Å².